The van der Waals surface area contributed by atoms with Crippen molar-refractivity contribution in [3.05, 3.63) is 23.5 Å². The Hall–Kier alpha value is -1.89. The first-order valence-corrected chi connectivity index (χ1v) is 7.36. The monoisotopic (exact) mass is 291 g/mol. The lowest BCUT2D eigenvalue weighted by molar-refractivity contribution is 0.410. The molecule has 1 aliphatic rings. The Morgan fingerprint density at radius 3 is 2.20 bits per heavy atom. The van der Waals surface area contributed by atoms with Crippen LogP contribution in [0.25, 0.3) is 0 Å². The molecule has 1 saturated heterocycles. The number of nitrogens with zero attached hydrogens (tertiary/aromatic N) is 5. The molecule has 0 aliphatic carbocycles. The SMILES string of the molecule is COc1cnc(N2CCN(c3ncc(C)s3)CC2)nc1. The molecular formula is C13H17N5OS. The molecule has 1 fully saturated rings. The summed E-state index contributed by atoms with van der Waals surface area (Å²) in [5.41, 5.74) is 0. The number of methoxy groups -OCH3 is 1. The topological polar surface area (TPSA) is 54.4 Å². The molecule has 2 aromatic heterocycles. The van der Waals surface area contributed by atoms with Crippen molar-refractivity contribution in [1.82, 2.24) is 15.0 Å². The lowest BCUT2D eigenvalue weighted by Gasteiger charge is -2.34. The quantitative estimate of drug-likeness (QED) is 0.856. The van der Waals surface area contributed by atoms with E-state index < -0.39 is 0 Å². The van der Waals surface area contributed by atoms with Gasteiger partial charge in [-0.15, -0.1) is 11.3 Å². The first kappa shape index (κ1) is 13.1. The molecule has 0 unspecified atom stereocenters. The molecule has 0 spiro atoms. The van der Waals surface area contributed by atoms with Crippen LogP contribution in [-0.4, -0.2) is 48.2 Å². The number of aromatic nitrogens is 3. The van der Waals surface area contributed by atoms with E-state index in [1.165, 1.54) is 4.88 Å². The number of rotatable bonds is 3. The van der Waals surface area contributed by atoms with Crippen molar-refractivity contribution in [3.63, 3.8) is 0 Å². The minimum atomic E-state index is 0.686. The summed E-state index contributed by atoms with van der Waals surface area (Å²) in [5.74, 6) is 1.45. The molecule has 0 atom stereocenters. The number of thiazole rings is 1. The van der Waals surface area contributed by atoms with Gasteiger partial charge in [0.2, 0.25) is 5.95 Å². The molecule has 1 aliphatic heterocycles. The van der Waals surface area contributed by atoms with Crippen LogP contribution < -0.4 is 14.5 Å². The summed E-state index contributed by atoms with van der Waals surface area (Å²) in [7, 11) is 1.62. The number of hydrogen-bond acceptors (Lipinski definition) is 7. The Balaban J connectivity index is 1.63. The largest absolute Gasteiger partial charge is 0.494 e. The van der Waals surface area contributed by atoms with E-state index in [4.69, 9.17) is 4.74 Å². The van der Waals surface area contributed by atoms with E-state index in [1.54, 1.807) is 30.8 Å². The Kier molecular flexibility index (Phi) is 3.68. The highest BCUT2D eigenvalue weighted by molar-refractivity contribution is 7.15. The maximum atomic E-state index is 5.08. The molecule has 0 aromatic carbocycles. The standard InChI is InChI=1S/C13H17N5OS/c1-10-7-16-13(20-10)18-5-3-17(4-6-18)12-14-8-11(19-2)9-15-12/h7-9H,3-6H2,1-2H3. The fourth-order valence-electron chi connectivity index (χ4n) is 2.16. The van der Waals surface area contributed by atoms with E-state index in [-0.39, 0.29) is 0 Å². The Morgan fingerprint density at radius 1 is 1.00 bits per heavy atom. The maximum Gasteiger partial charge on any atom is 0.225 e. The van der Waals surface area contributed by atoms with Crippen LogP contribution in [0.1, 0.15) is 4.88 Å². The summed E-state index contributed by atoms with van der Waals surface area (Å²) in [4.78, 5) is 18.9. The van der Waals surface area contributed by atoms with Gasteiger partial charge in [-0.2, -0.15) is 0 Å². The lowest BCUT2D eigenvalue weighted by Crippen LogP contribution is -2.47. The zero-order chi connectivity index (χ0) is 13.9. The fraction of sp³-hybridized carbons (Fsp3) is 0.462. The predicted octanol–water partition coefficient (Wildman–Crippen LogP) is 1.58. The van der Waals surface area contributed by atoms with Crippen LogP contribution >= 0.6 is 11.3 Å². The second-order valence-corrected chi connectivity index (χ2v) is 5.86. The summed E-state index contributed by atoms with van der Waals surface area (Å²) >= 11 is 1.74. The third-order valence-corrected chi connectivity index (χ3v) is 4.27. The lowest BCUT2D eigenvalue weighted by atomic mass is 10.3. The second-order valence-electron chi connectivity index (χ2n) is 4.65. The van der Waals surface area contributed by atoms with Gasteiger partial charge < -0.3 is 14.5 Å². The number of hydrogen-bond donors (Lipinski definition) is 0. The number of ether oxygens (including phenoxy) is 1. The van der Waals surface area contributed by atoms with Crippen LogP contribution in [0.15, 0.2) is 18.6 Å². The summed E-state index contributed by atoms with van der Waals surface area (Å²) in [5, 5.41) is 1.11. The molecule has 0 saturated carbocycles. The first-order chi connectivity index (χ1) is 9.76. The molecule has 3 heterocycles. The van der Waals surface area contributed by atoms with Crippen LogP contribution in [0.3, 0.4) is 0 Å². The number of anilines is 2. The van der Waals surface area contributed by atoms with Gasteiger partial charge in [0.15, 0.2) is 10.9 Å². The summed E-state index contributed by atoms with van der Waals surface area (Å²) in [6.07, 6.45) is 5.34. The van der Waals surface area contributed by atoms with Gasteiger partial charge in [0.1, 0.15) is 0 Å². The van der Waals surface area contributed by atoms with Gasteiger partial charge in [-0.05, 0) is 6.92 Å². The van der Waals surface area contributed by atoms with E-state index in [2.05, 4.69) is 31.7 Å². The van der Waals surface area contributed by atoms with Crippen LogP contribution in [0.4, 0.5) is 11.1 Å². The summed E-state index contributed by atoms with van der Waals surface area (Å²) in [6, 6.07) is 0. The second kappa shape index (κ2) is 5.62. The van der Waals surface area contributed by atoms with Crippen LogP contribution in [0.2, 0.25) is 0 Å². The zero-order valence-corrected chi connectivity index (χ0v) is 12.4. The van der Waals surface area contributed by atoms with Crippen molar-refractivity contribution >= 4 is 22.4 Å². The fourth-order valence-corrected chi connectivity index (χ4v) is 2.98. The molecule has 106 valence electrons. The van der Waals surface area contributed by atoms with Crippen LogP contribution in [0, 0.1) is 6.92 Å². The van der Waals surface area contributed by atoms with Gasteiger partial charge in [-0.3, -0.25) is 0 Å². The molecule has 7 heteroatoms. The average Bonchev–Trinajstić information content (AvgIpc) is 2.94. The van der Waals surface area contributed by atoms with E-state index >= 15 is 0 Å². The highest BCUT2D eigenvalue weighted by Gasteiger charge is 2.20. The van der Waals surface area contributed by atoms with Crippen molar-refractivity contribution in [2.75, 3.05) is 43.1 Å². The van der Waals surface area contributed by atoms with Gasteiger partial charge >= 0.3 is 0 Å². The minimum absolute atomic E-state index is 0.686. The van der Waals surface area contributed by atoms with Gasteiger partial charge in [0.25, 0.3) is 0 Å². The molecular weight excluding hydrogens is 274 g/mol. The van der Waals surface area contributed by atoms with E-state index in [9.17, 15) is 0 Å². The summed E-state index contributed by atoms with van der Waals surface area (Å²) in [6.45, 7) is 5.79. The minimum Gasteiger partial charge on any atom is -0.494 e. The highest BCUT2D eigenvalue weighted by atomic mass is 32.1. The van der Waals surface area contributed by atoms with Crippen molar-refractivity contribution < 1.29 is 4.74 Å². The van der Waals surface area contributed by atoms with Crippen molar-refractivity contribution in [2.24, 2.45) is 0 Å². The molecule has 3 rings (SSSR count). The van der Waals surface area contributed by atoms with Crippen molar-refractivity contribution in [2.45, 2.75) is 6.92 Å². The molecule has 0 bridgehead atoms. The first-order valence-electron chi connectivity index (χ1n) is 6.54. The van der Waals surface area contributed by atoms with Crippen molar-refractivity contribution in [3.8, 4) is 5.75 Å². The van der Waals surface area contributed by atoms with Crippen LogP contribution in [0.5, 0.6) is 5.75 Å². The zero-order valence-electron chi connectivity index (χ0n) is 11.6. The Labute approximate surface area is 122 Å². The van der Waals surface area contributed by atoms with E-state index in [0.29, 0.717) is 5.75 Å². The molecule has 6 nitrogen and oxygen atoms in total. The third-order valence-electron chi connectivity index (χ3n) is 3.29. The maximum absolute atomic E-state index is 5.08. The molecule has 0 amide bonds. The number of piperazine rings is 1. The van der Waals surface area contributed by atoms with Gasteiger partial charge in [0.05, 0.1) is 19.5 Å². The summed E-state index contributed by atoms with van der Waals surface area (Å²) < 4.78 is 5.08. The normalized spacial score (nSPS) is 15.5. The van der Waals surface area contributed by atoms with Gasteiger partial charge in [-0.25, -0.2) is 15.0 Å². The molecule has 0 N–H and O–H groups in total. The smallest absolute Gasteiger partial charge is 0.225 e. The van der Waals surface area contributed by atoms with Crippen molar-refractivity contribution in [1.29, 1.82) is 0 Å². The molecule has 0 radical (unpaired) electrons. The molecule has 20 heavy (non-hydrogen) atoms. The molecule has 2 aromatic rings. The van der Waals surface area contributed by atoms with Crippen LogP contribution in [-0.2, 0) is 0 Å². The van der Waals surface area contributed by atoms with Gasteiger partial charge in [-0.1, -0.05) is 0 Å². The number of aryl methyl sites for hydroxylation is 1. The van der Waals surface area contributed by atoms with Gasteiger partial charge in [0, 0.05) is 37.3 Å². The van der Waals surface area contributed by atoms with E-state index in [0.717, 1.165) is 37.3 Å². The Morgan fingerprint density at radius 2 is 1.65 bits per heavy atom. The predicted molar refractivity (Wildman–Crippen MR) is 79.9 cm³/mol. The highest BCUT2D eigenvalue weighted by Crippen LogP contribution is 2.23. The van der Waals surface area contributed by atoms with E-state index in [1.807, 2.05) is 6.20 Å². The third kappa shape index (κ3) is 2.67. The Bertz CT molecular complexity index is 562. The average molecular weight is 291 g/mol.